The standard InChI is InChI=1S/C6H9Cl2NO4/c1-2(10)3(6(12)13)9-5(11)4(7)8/h2-4,10H,1H3,(H,9,11)(H,12,13)/t2-,3-/m1/s1. The maximum absolute atomic E-state index is 10.8. The van der Waals surface area contributed by atoms with E-state index in [0.717, 1.165) is 0 Å². The molecule has 0 saturated heterocycles. The van der Waals surface area contributed by atoms with Gasteiger partial charge in [-0.1, -0.05) is 23.2 Å². The number of hydrogen-bond acceptors (Lipinski definition) is 3. The molecule has 0 aliphatic rings. The fraction of sp³-hybridized carbons (Fsp3) is 0.667. The molecule has 3 N–H and O–H groups in total. The Morgan fingerprint density at radius 3 is 2.08 bits per heavy atom. The summed E-state index contributed by atoms with van der Waals surface area (Å²) in [6.45, 7) is 1.23. The Labute approximate surface area is 84.6 Å². The van der Waals surface area contributed by atoms with Gasteiger partial charge in [0.2, 0.25) is 0 Å². The first-order valence-electron chi connectivity index (χ1n) is 3.35. The average molecular weight is 230 g/mol. The average Bonchev–Trinajstić information content (AvgIpc) is 1.97. The highest BCUT2D eigenvalue weighted by molar-refractivity contribution is 6.53. The lowest BCUT2D eigenvalue weighted by Gasteiger charge is -2.16. The number of aliphatic hydroxyl groups is 1. The Morgan fingerprint density at radius 1 is 1.38 bits per heavy atom. The van der Waals surface area contributed by atoms with Crippen LogP contribution in [0.2, 0.25) is 0 Å². The predicted octanol–water partition coefficient (Wildman–Crippen LogP) is -0.260. The van der Waals surface area contributed by atoms with Crippen LogP contribution in [0.1, 0.15) is 6.92 Å². The first-order valence-corrected chi connectivity index (χ1v) is 4.23. The number of nitrogens with one attached hydrogen (secondary N) is 1. The summed E-state index contributed by atoms with van der Waals surface area (Å²) in [6.07, 6.45) is -1.21. The summed E-state index contributed by atoms with van der Waals surface area (Å²) in [7, 11) is 0. The maximum Gasteiger partial charge on any atom is 0.328 e. The van der Waals surface area contributed by atoms with E-state index in [-0.39, 0.29) is 0 Å². The highest BCUT2D eigenvalue weighted by atomic mass is 35.5. The van der Waals surface area contributed by atoms with Crippen LogP contribution < -0.4 is 5.32 Å². The number of amides is 1. The molecule has 1 amide bonds. The minimum atomic E-state index is -1.40. The molecule has 13 heavy (non-hydrogen) atoms. The molecule has 0 heterocycles. The van der Waals surface area contributed by atoms with Gasteiger partial charge in [-0.2, -0.15) is 0 Å². The SMILES string of the molecule is C[C@@H](O)[C@@H](NC(=O)C(Cl)Cl)C(=O)O. The Morgan fingerprint density at radius 2 is 1.85 bits per heavy atom. The van der Waals surface area contributed by atoms with E-state index in [1.165, 1.54) is 6.92 Å². The summed E-state index contributed by atoms with van der Waals surface area (Å²) in [5, 5.41) is 19.4. The second-order valence-electron chi connectivity index (χ2n) is 2.37. The first kappa shape index (κ1) is 12.5. The van der Waals surface area contributed by atoms with E-state index in [1.807, 2.05) is 5.32 Å². The Bertz CT molecular complexity index is 207. The van der Waals surface area contributed by atoms with Crippen molar-refractivity contribution in [1.82, 2.24) is 5.32 Å². The number of rotatable bonds is 4. The molecule has 0 aliphatic heterocycles. The van der Waals surface area contributed by atoms with E-state index in [9.17, 15) is 9.59 Å². The number of hydrogen-bond donors (Lipinski definition) is 3. The van der Waals surface area contributed by atoms with E-state index in [2.05, 4.69) is 0 Å². The van der Waals surface area contributed by atoms with Crippen LogP contribution in [0.25, 0.3) is 0 Å². The van der Waals surface area contributed by atoms with E-state index in [0.29, 0.717) is 0 Å². The van der Waals surface area contributed by atoms with Crippen molar-refractivity contribution in [3.8, 4) is 0 Å². The summed E-state index contributed by atoms with van der Waals surface area (Å²) in [5.74, 6) is -2.20. The summed E-state index contributed by atoms with van der Waals surface area (Å²) in [4.78, 5) is 19.9. The van der Waals surface area contributed by atoms with Crippen molar-refractivity contribution >= 4 is 35.1 Å². The number of carbonyl (C=O) groups is 2. The molecular weight excluding hydrogens is 221 g/mol. The highest BCUT2D eigenvalue weighted by Crippen LogP contribution is 2.02. The van der Waals surface area contributed by atoms with Gasteiger partial charge in [0.25, 0.3) is 5.91 Å². The van der Waals surface area contributed by atoms with E-state index in [1.54, 1.807) is 0 Å². The van der Waals surface area contributed by atoms with Gasteiger partial charge in [-0.15, -0.1) is 0 Å². The van der Waals surface area contributed by atoms with Crippen LogP contribution in [-0.2, 0) is 9.59 Å². The molecule has 0 aromatic carbocycles. The van der Waals surface area contributed by atoms with Gasteiger partial charge >= 0.3 is 5.97 Å². The summed E-state index contributed by atoms with van der Waals surface area (Å²) >= 11 is 10.3. The maximum atomic E-state index is 10.8. The largest absolute Gasteiger partial charge is 0.480 e. The lowest BCUT2D eigenvalue weighted by Crippen LogP contribution is -2.49. The van der Waals surface area contributed by atoms with Crippen molar-refractivity contribution in [3.05, 3.63) is 0 Å². The summed E-state index contributed by atoms with van der Waals surface area (Å²) < 4.78 is 0. The number of halogens is 2. The van der Waals surface area contributed by atoms with Gasteiger partial charge in [0.1, 0.15) is 0 Å². The molecule has 0 aromatic rings. The smallest absolute Gasteiger partial charge is 0.328 e. The fourth-order valence-electron chi connectivity index (χ4n) is 0.605. The molecule has 0 aromatic heterocycles. The molecule has 5 nitrogen and oxygen atoms in total. The molecule has 0 unspecified atom stereocenters. The lowest BCUT2D eigenvalue weighted by molar-refractivity contribution is -0.144. The predicted molar refractivity (Wildman–Crippen MR) is 46.7 cm³/mol. The highest BCUT2D eigenvalue weighted by Gasteiger charge is 2.26. The zero-order valence-corrected chi connectivity index (χ0v) is 8.21. The quantitative estimate of drug-likeness (QED) is 0.580. The van der Waals surface area contributed by atoms with Crippen LogP contribution in [0.4, 0.5) is 0 Å². The Hall–Kier alpha value is -0.520. The summed E-state index contributed by atoms with van der Waals surface area (Å²) in [6, 6.07) is -1.40. The molecule has 76 valence electrons. The van der Waals surface area contributed by atoms with Gasteiger partial charge in [-0.3, -0.25) is 4.79 Å². The number of aliphatic hydroxyl groups excluding tert-OH is 1. The van der Waals surface area contributed by atoms with Crippen molar-refractivity contribution in [2.75, 3.05) is 0 Å². The van der Waals surface area contributed by atoms with Gasteiger partial charge < -0.3 is 15.5 Å². The topological polar surface area (TPSA) is 86.6 Å². The summed E-state index contributed by atoms with van der Waals surface area (Å²) in [5.41, 5.74) is 0. The zero-order chi connectivity index (χ0) is 10.6. The van der Waals surface area contributed by atoms with E-state index in [4.69, 9.17) is 33.4 Å². The molecule has 0 bridgehead atoms. The van der Waals surface area contributed by atoms with Gasteiger partial charge in [-0.25, -0.2) is 4.79 Å². The van der Waals surface area contributed by atoms with Crippen molar-refractivity contribution in [2.45, 2.75) is 23.9 Å². The normalized spacial score (nSPS) is 15.2. The molecule has 7 heteroatoms. The van der Waals surface area contributed by atoms with Gasteiger partial charge in [0.05, 0.1) is 6.10 Å². The Kier molecular flexibility index (Phi) is 5.05. The van der Waals surface area contributed by atoms with Crippen LogP contribution in [0.15, 0.2) is 0 Å². The van der Waals surface area contributed by atoms with Crippen LogP contribution >= 0.6 is 23.2 Å². The number of alkyl halides is 2. The molecule has 2 atom stereocenters. The molecule has 0 radical (unpaired) electrons. The lowest BCUT2D eigenvalue weighted by atomic mass is 10.2. The van der Waals surface area contributed by atoms with Crippen LogP contribution in [0, 0.1) is 0 Å². The minimum Gasteiger partial charge on any atom is -0.480 e. The van der Waals surface area contributed by atoms with Gasteiger partial charge in [-0.05, 0) is 6.92 Å². The van der Waals surface area contributed by atoms with Crippen LogP contribution in [0.5, 0.6) is 0 Å². The zero-order valence-electron chi connectivity index (χ0n) is 6.70. The molecule has 0 fully saturated rings. The second kappa shape index (κ2) is 5.26. The third-order valence-corrected chi connectivity index (χ3v) is 1.64. The number of carbonyl (C=O) groups excluding carboxylic acids is 1. The van der Waals surface area contributed by atoms with Crippen molar-refractivity contribution in [1.29, 1.82) is 0 Å². The molecule has 0 rings (SSSR count). The van der Waals surface area contributed by atoms with E-state index >= 15 is 0 Å². The molecular formula is C6H9Cl2NO4. The molecule has 0 spiro atoms. The monoisotopic (exact) mass is 229 g/mol. The number of carboxylic acid groups (broad SMARTS) is 1. The van der Waals surface area contributed by atoms with Crippen molar-refractivity contribution < 1.29 is 19.8 Å². The number of carboxylic acids is 1. The molecule has 0 aliphatic carbocycles. The van der Waals surface area contributed by atoms with Crippen LogP contribution in [0.3, 0.4) is 0 Å². The van der Waals surface area contributed by atoms with E-state index < -0.39 is 28.9 Å². The van der Waals surface area contributed by atoms with Gasteiger partial charge in [0.15, 0.2) is 10.9 Å². The Balaban J connectivity index is 4.27. The van der Waals surface area contributed by atoms with Crippen LogP contribution in [-0.4, -0.2) is 39.1 Å². The van der Waals surface area contributed by atoms with Crippen molar-refractivity contribution in [3.63, 3.8) is 0 Å². The van der Waals surface area contributed by atoms with Gasteiger partial charge in [0, 0.05) is 0 Å². The third kappa shape index (κ3) is 4.31. The number of aliphatic carboxylic acids is 1. The minimum absolute atomic E-state index is 0.850. The van der Waals surface area contributed by atoms with Crippen molar-refractivity contribution in [2.24, 2.45) is 0 Å². The first-order chi connectivity index (χ1) is 5.86. The fourth-order valence-corrected chi connectivity index (χ4v) is 0.731. The molecule has 0 saturated carbocycles. The third-order valence-electron chi connectivity index (χ3n) is 1.24. The second-order valence-corrected chi connectivity index (χ2v) is 3.46.